The Balaban J connectivity index is 1.83. The summed E-state index contributed by atoms with van der Waals surface area (Å²) in [4.78, 5) is 39.2. The van der Waals surface area contributed by atoms with Crippen molar-refractivity contribution in [2.24, 2.45) is 5.92 Å². The predicted molar refractivity (Wildman–Crippen MR) is 98.8 cm³/mol. The van der Waals surface area contributed by atoms with Crippen LogP contribution < -0.4 is 0 Å². The Bertz CT molecular complexity index is 791. The number of allylic oxidation sites excluding steroid dienone is 1. The van der Waals surface area contributed by atoms with Crippen LogP contribution in [-0.4, -0.2) is 41.5 Å². The number of nitrogens with zero attached hydrogens (tertiary/aromatic N) is 1. The number of hydrogen-bond acceptors (Lipinski definition) is 5. The van der Waals surface area contributed by atoms with Gasteiger partial charge in [-0.05, 0) is 39.2 Å². The minimum Gasteiger partial charge on any atom is -0.467 e. The third-order valence-electron chi connectivity index (χ3n) is 4.84. The molecule has 0 spiro atoms. The molecule has 1 aliphatic carbocycles. The molecule has 2 aliphatic rings. The number of carbonyl (C=O) groups excluding carboxylic acids is 3. The van der Waals surface area contributed by atoms with Gasteiger partial charge in [0.15, 0.2) is 5.78 Å². The number of amides is 1. The van der Waals surface area contributed by atoms with E-state index in [-0.39, 0.29) is 18.1 Å². The van der Waals surface area contributed by atoms with Crippen molar-refractivity contribution in [3.63, 3.8) is 0 Å². The third-order valence-corrected chi connectivity index (χ3v) is 4.84. The van der Waals surface area contributed by atoms with E-state index in [0.717, 1.165) is 5.56 Å². The van der Waals surface area contributed by atoms with Gasteiger partial charge in [-0.25, -0.2) is 9.59 Å². The summed E-state index contributed by atoms with van der Waals surface area (Å²) in [5.74, 6) is -0.752. The molecule has 3 rings (SSSR count). The molecule has 0 saturated heterocycles. The molecular formula is C21H25NO5. The van der Waals surface area contributed by atoms with Gasteiger partial charge in [0.25, 0.3) is 0 Å². The molecule has 0 unspecified atom stereocenters. The number of hydrogen-bond donors (Lipinski definition) is 0. The molecule has 0 bridgehead atoms. The van der Waals surface area contributed by atoms with Crippen LogP contribution in [0.1, 0.15) is 39.2 Å². The van der Waals surface area contributed by atoms with E-state index in [0.29, 0.717) is 24.1 Å². The van der Waals surface area contributed by atoms with Crippen LogP contribution in [0.2, 0.25) is 0 Å². The van der Waals surface area contributed by atoms with Gasteiger partial charge in [-0.15, -0.1) is 0 Å². The maximum absolute atomic E-state index is 12.9. The Labute approximate surface area is 159 Å². The van der Waals surface area contributed by atoms with Crippen molar-refractivity contribution < 1.29 is 23.9 Å². The number of esters is 1. The molecule has 0 N–H and O–H groups in total. The Morgan fingerprint density at radius 2 is 1.81 bits per heavy atom. The highest BCUT2D eigenvalue weighted by molar-refractivity contribution is 6.04. The molecule has 0 saturated carbocycles. The molecule has 2 atom stereocenters. The second-order valence-electron chi connectivity index (χ2n) is 7.97. The molecule has 0 fully saturated rings. The Morgan fingerprint density at radius 1 is 1.15 bits per heavy atom. The molecule has 1 amide bonds. The topological polar surface area (TPSA) is 72.9 Å². The first kappa shape index (κ1) is 19.1. The molecule has 1 heterocycles. The molecule has 1 aromatic carbocycles. The fraction of sp³-hybridized carbons (Fsp3) is 0.476. The number of ether oxygens (including phenoxy) is 2. The standard InChI is InChI=1S/C21H25NO5/c1-21(2,3)27-20(25)22-16-11-14(10-13-8-6-5-7-9-13)18(23)15(16)12-17(22)19(24)26-4/h5-9,14,17H,10-12H2,1-4H3/t14-,17+/m0/s1. The van der Waals surface area contributed by atoms with E-state index in [1.54, 1.807) is 20.8 Å². The van der Waals surface area contributed by atoms with E-state index in [4.69, 9.17) is 9.47 Å². The SMILES string of the molecule is COC(=O)[C@H]1CC2=C(C[C@H](Cc3ccccc3)C2=O)N1C(=O)OC(C)(C)C. The van der Waals surface area contributed by atoms with Crippen LogP contribution in [-0.2, 0) is 25.5 Å². The van der Waals surface area contributed by atoms with Crippen molar-refractivity contribution in [1.82, 2.24) is 4.90 Å². The van der Waals surface area contributed by atoms with Gasteiger partial charge in [-0.3, -0.25) is 9.69 Å². The molecule has 27 heavy (non-hydrogen) atoms. The van der Waals surface area contributed by atoms with Gasteiger partial charge < -0.3 is 9.47 Å². The average molecular weight is 371 g/mol. The summed E-state index contributed by atoms with van der Waals surface area (Å²) in [5.41, 5.74) is 1.53. The second kappa shape index (κ2) is 7.18. The lowest BCUT2D eigenvalue weighted by molar-refractivity contribution is -0.145. The lowest BCUT2D eigenvalue weighted by Crippen LogP contribution is -2.44. The molecule has 0 aromatic heterocycles. The summed E-state index contributed by atoms with van der Waals surface area (Å²) in [7, 11) is 1.28. The summed E-state index contributed by atoms with van der Waals surface area (Å²) in [6, 6.07) is 8.95. The quantitative estimate of drug-likeness (QED) is 0.763. The second-order valence-corrected chi connectivity index (χ2v) is 7.97. The van der Waals surface area contributed by atoms with Gasteiger partial charge in [0.2, 0.25) is 0 Å². The van der Waals surface area contributed by atoms with Crippen LogP contribution in [0.25, 0.3) is 0 Å². The van der Waals surface area contributed by atoms with Crippen LogP contribution in [0.5, 0.6) is 0 Å². The molecule has 6 nitrogen and oxygen atoms in total. The van der Waals surface area contributed by atoms with E-state index in [1.807, 2.05) is 30.3 Å². The summed E-state index contributed by atoms with van der Waals surface area (Å²) in [6.45, 7) is 5.30. The summed E-state index contributed by atoms with van der Waals surface area (Å²) in [5, 5.41) is 0. The summed E-state index contributed by atoms with van der Waals surface area (Å²) >= 11 is 0. The highest BCUT2D eigenvalue weighted by Crippen LogP contribution is 2.42. The largest absolute Gasteiger partial charge is 0.467 e. The van der Waals surface area contributed by atoms with Gasteiger partial charge in [0, 0.05) is 23.6 Å². The highest BCUT2D eigenvalue weighted by Gasteiger charge is 2.49. The normalized spacial score (nSPS) is 22.1. The fourth-order valence-corrected chi connectivity index (χ4v) is 3.71. The molecule has 6 heteroatoms. The van der Waals surface area contributed by atoms with E-state index < -0.39 is 23.7 Å². The Hall–Kier alpha value is -2.63. The fourth-order valence-electron chi connectivity index (χ4n) is 3.71. The number of ketones is 1. The number of rotatable bonds is 3. The van der Waals surface area contributed by atoms with Crippen LogP contribution in [0.3, 0.4) is 0 Å². The van der Waals surface area contributed by atoms with Crippen molar-refractivity contribution in [3.8, 4) is 0 Å². The van der Waals surface area contributed by atoms with Crippen molar-refractivity contribution in [1.29, 1.82) is 0 Å². The monoisotopic (exact) mass is 371 g/mol. The Morgan fingerprint density at radius 3 is 2.41 bits per heavy atom. The molecule has 1 aliphatic heterocycles. The van der Waals surface area contributed by atoms with Gasteiger partial charge in [0.05, 0.1) is 7.11 Å². The molecule has 144 valence electrons. The van der Waals surface area contributed by atoms with Gasteiger partial charge in [0.1, 0.15) is 11.6 Å². The minimum atomic E-state index is -0.837. The third kappa shape index (κ3) is 3.89. The lowest BCUT2D eigenvalue weighted by Gasteiger charge is -2.30. The maximum Gasteiger partial charge on any atom is 0.415 e. The van der Waals surface area contributed by atoms with Crippen molar-refractivity contribution in [2.45, 2.75) is 51.7 Å². The van der Waals surface area contributed by atoms with E-state index >= 15 is 0 Å². The molecular weight excluding hydrogens is 346 g/mol. The number of likely N-dealkylation sites (tertiary alicyclic amines) is 1. The molecule has 1 aromatic rings. The average Bonchev–Trinajstić information content (AvgIpc) is 3.11. The number of benzene rings is 1. The number of methoxy groups -OCH3 is 1. The summed E-state index contributed by atoms with van der Waals surface area (Å²) in [6.07, 6.45) is 0.606. The van der Waals surface area contributed by atoms with Crippen LogP contribution >= 0.6 is 0 Å². The van der Waals surface area contributed by atoms with E-state index in [2.05, 4.69) is 0 Å². The molecule has 0 radical (unpaired) electrons. The first-order valence-corrected chi connectivity index (χ1v) is 9.11. The zero-order valence-electron chi connectivity index (χ0n) is 16.2. The van der Waals surface area contributed by atoms with Crippen LogP contribution in [0.15, 0.2) is 41.6 Å². The highest BCUT2D eigenvalue weighted by atomic mass is 16.6. The van der Waals surface area contributed by atoms with Crippen molar-refractivity contribution in [3.05, 3.63) is 47.2 Å². The first-order valence-electron chi connectivity index (χ1n) is 9.11. The zero-order valence-corrected chi connectivity index (χ0v) is 16.2. The van der Waals surface area contributed by atoms with Gasteiger partial charge in [-0.1, -0.05) is 30.3 Å². The zero-order chi connectivity index (χ0) is 19.8. The van der Waals surface area contributed by atoms with E-state index in [1.165, 1.54) is 12.0 Å². The summed E-state index contributed by atoms with van der Waals surface area (Å²) < 4.78 is 10.3. The maximum atomic E-state index is 12.9. The number of carbonyl (C=O) groups is 3. The first-order chi connectivity index (χ1) is 12.7. The lowest BCUT2D eigenvalue weighted by atomic mass is 9.93. The minimum absolute atomic E-state index is 0.00816. The number of Topliss-reactive ketones (excluding diaryl/α,β-unsaturated/α-hetero) is 1. The smallest absolute Gasteiger partial charge is 0.415 e. The predicted octanol–water partition coefficient (Wildman–Crippen LogP) is 3.25. The van der Waals surface area contributed by atoms with E-state index in [9.17, 15) is 14.4 Å². The van der Waals surface area contributed by atoms with Crippen LogP contribution in [0.4, 0.5) is 4.79 Å². The Kier molecular flexibility index (Phi) is 5.09. The van der Waals surface area contributed by atoms with Crippen molar-refractivity contribution >= 4 is 17.8 Å². The van der Waals surface area contributed by atoms with Crippen LogP contribution in [0, 0.1) is 5.92 Å². The van der Waals surface area contributed by atoms with Crippen molar-refractivity contribution in [2.75, 3.05) is 7.11 Å². The van der Waals surface area contributed by atoms with Gasteiger partial charge in [-0.2, -0.15) is 0 Å². The van der Waals surface area contributed by atoms with Gasteiger partial charge >= 0.3 is 12.1 Å².